The Morgan fingerprint density at radius 3 is 2.47 bits per heavy atom. The van der Waals surface area contributed by atoms with Crippen LogP contribution < -0.4 is 15.4 Å². The number of rotatable bonds is 7. The molecule has 2 aromatic carbocycles. The van der Waals surface area contributed by atoms with Gasteiger partial charge in [0.2, 0.25) is 0 Å². The maximum atomic E-state index is 13.3. The van der Waals surface area contributed by atoms with Gasteiger partial charge in [-0.1, -0.05) is 47.0 Å². The molecule has 1 aliphatic heterocycles. The standard InChI is InChI=1S/C26H24ClN3O4/c1-16-10-17(2)12-18(11-16)14-34-25(31)23-22(15-33-21-5-3-4-20(27)13-21)29-26(32)30-24(23)19-6-8-28-9-7-19/h3-13,24H,14-15H2,1-2H3,(H2,29,30,32). The van der Waals surface area contributed by atoms with E-state index in [1.54, 1.807) is 48.8 Å². The van der Waals surface area contributed by atoms with E-state index in [1.807, 2.05) is 26.0 Å². The number of halogens is 1. The summed E-state index contributed by atoms with van der Waals surface area (Å²) in [6.45, 7) is 4.03. The second-order valence-corrected chi connectivity index (χ2v) is 8.46. The molecule has 1 aromatic heterocycles. The lowest BCUT2D eigenvalue weighted by Crippen LogP contribution is -2.47. The second kappa shape index (κ2) is 10.4. The predicted molar refractivity (Wildman–Crippen MR) is 128 cm³/mol. The second-order valence-electron chi connectivity index (χ2n) is 8.02. The molecule has 1 aliphatic rings. The molecule has 0 bridgehead atoms. The van der Waals surface area contributed by atoms with E-state index in [0.29, 0.717) is 22.0 Å². The van der Waals surface area contributed by atoms with E-state index < -0.39 is 18.0 Å². The molecule has 7 nitrogen and oxygen atoms in total. The first-order valence-electron chi connectivity index (χ1n) is 10.7. The maximum absolute atomic E-state index is 13.3. The Bertz CT molecular complexity index is 1220. The fourth-order valence-corrected chi connectivity index (χ4v) is 4.05. The molecule has 0 spiro atoms. The lowest BCUT2D eigenvalue weighted by molar-refractivity contribution is -0.140. The molecule has 174 valence electrons. The Kier molecular flexibility index (Phi) is 7.13. The van der Waals surface area contributed by atoms with Gasteiger partial charge in [-0.25, -0.2) is 9.59 Å². The zero-order chi connectivity index (χ0) is 24.1. The number of amides is 2. The number of nitrogens with one attached hydrogen (secondary N) is 2. The minimum atomic E-state index is -0.721. The van der Waals surface area contributed by atoms with E-state index in [9.17, 15) is 9.59 Å². The van der Waals surface area contributed by atoms with E-state index in [2.05, 4.69) is 21.7 Å². The third kappa shape index (κ3) is 5.74. The number of nitrogens with zero attached hydrogens (tertiary/aromatic N) is 1. The molecule has 2 N–H and O–H groups in total. The maximum Gasteiger partial charge on any atom is 0.338 e. The molecular weight excluding hydrogens is 454 g/mol. The average molecular weight is 478 g/mol. The monoisotopic (exact) mass is 477 g/mol. The van der Waals surface area contributed by atoms with E-state index >= 15 is 0 Å². The first-order chi connectivity index (χ1) is 16.4. The number of benzene rings is 2. The average Bonchev–Trinajstić information content (AvgIpc) is 2.81. The van der Waals surface area contributed by atoms with E-state index in [-0.39, 0.29) is 18.8 Å². The van der Waals surface area contributed by atoms with Crippen LogP contribution in [0.25, 0.3) is 0 Å². The summed E-state index contributed by atoms with van der Waals surface area (Å²) in [7, 11) is 0. The van der Waals surface area contributed by atoms with Crippen molar-refractivity contribution in [2.45, 2.75) is 26.5 Å². The minimum Gasteiger partial charge on any atom is -0.487 e. The zero-order valence-corrected chi connectivity index (χ0v) is 19.6. The van der Waals surface area contributed by atoms with Crippen LogP contribution in [-0.4, -0.2) is 23.6 Å². The summed E-state index contributed by atoms with van der Waals surface area (Å²) in [5.41, 5.74) is 4.33. The normalized spacial score (nSPS) is 15.4. The highest BCUT2D eigenvalue weighted by molar-refractivity contribution is 6.30. The van der Waals surface area contributed by atoms with Crippen LogP contribution in [0.2, 0.25) is 5.02 Å². The van der Waals surface area contributed by atoms with Crippen molar-refractivity contribution in [3.05, 3.63) is 106 Å². The summed E-state index contributed by atoms with van der Waals surface area (Å²) < 4.78 is 11.5. The van der Waals surface area contributed by atoms with Crippen molar-refractivity contribution in [3.8, 4) is 5.75 Å². The highest BCUT2D eigenvalue weighted by atomic mass is 35.5. The van der Waals surface area contributed by atoms with Crippen LogP contribution >= 0.6 is 11.6 Å². The van der Waals surface area contributed by atoms with Gasteiger partial charge in [-0.2, -0.15) is 0 Å². The number of aromatic nitrogens is 1. The number of urea groups is 1. The molecule has 8 heteroatoms. The molecule has 0 saturated carbocycles. The van der Waals surface area contributed by atoms with Crippen molar-refractivity contribution < 1.29 is 19.1 Å². The van der Waals surface area contributed by atoms with Crippen molar-refractivity contribution >= 4 is 23.6 Å². The molecule has 0 radical (unpaired) electrons. The SMILES string of the molecule is Cc1cc(C)cc(COC(=O)C2=C(COc3cccc(Cl)c3)NC(=O)NC2c2ccncc2)c1. The first kappa shape index (κ1) is 23.3. The molecule has 0 fully saturated rings. The number of ether oxygens (including phenoxy) is 2. The minimum absolute atomic E-state index is 0.0522. The largest absolute Gasteiger partial charge is 0.487 e. The van der Waals surface area contributed by atoms with Crippen LogP contribution in [0.15, 0.2) is 78.3 Å². The van der Waals surface area contributed by atoms with Crippen LogP contribution in [0.4, 0.5) is 4.79 Å². The topological polar surface area (TPSA) is 89.5 Å². The van der Waals surface area contributed by atoms with Crippen molar-refractivity contribution in [3.63, 3.8) is 0 Å². The van der Waals surface area contributed by atoms with Crippen molar-refractivity contribution in [2.75, 3.05) is 6.61 Å². The zero-order valence-electron chi connectivity index (χ0n) is 18.8. The molecule has 4 rings (SSSR count). The van der Waals surface area contributed by atoms with Crippen molar-refractivity contribution in [1.29, 1.82) is 0 Å². The van der Waals surface area contributed by atoms with Gasteiger partial charge < -0.3 is 20.1 Å². The van der Waals surface area contributed by atoms with Crippen LogP contribution in [0.3, 0.4) is 0 Å². The third-order valence-electron chi connectivity index (χ3n) is 5.24. The molecule has 34 heavy (non-hydrogen) atoms. The van der Waals surface area contributed by atoms with Gasteiger partial charge in [0.05, 0.1) is 17.3 Å². The lowest BCUT2D eigenvalue weighted by atomic mass is 9.96. The number of carbonyl (C=O) groups excluding carboxylic acids is 2. The molecule has 0 saturated heterocycles. The first-order valence-corrected chi connectivity index (χ1v) is 11.1. The number of carbonyl (C=O) groups is 2. The number of hydrogen-bond acceptors (Lipinski definition) is 5. The van der Waals surface area contributed by atoms with Crippen LogP contribution in [0.1, 0.15) is 28.3 Å². The molecule has 0 aliphatic carbocycles. The fraction of sp³-hybridized carbons (Fsp3) is 0.192. The van der Waals surface area contributed by atoms with E-state index in [1.165, 1.54) is 0 Å². The predicted octanol–water partition coefficient (Wildman–Crippen LogP) is 4.78. The Labute approximate surface area is 202 Å². The summed E-state index contributed by atoms with van der Waals surface area (Å²) in [5.74, 6) is -0.0469. The smallest absolute Gasteiger partial charge is 0.338 e. The third-order valence-corrected chi connectivity index (χ3v) is 5.48. The van der Waals surface area contributed by atoms with Gasteiger partial charge in [0, 0.05) is 17.4 Å². The molecule has 3 aromatic rings. The van der Waals surface area contributed by atoms with Gasteiger partial charge in [-0.05, 0) is 55.3 Å². The fourth-order valence-electron chi connectivity index (χ4n) is 3.87. The van der Waals surface area contributed by atoms with Gasteiger partial charge in [-0.3, -0.25) is 4.98 Å². The van der Waals surface area contributed by atoms with E-state index in [4.69, 9.17) is 21.1 Å². The van der Waals surface area contributed by atoms with E-state index in [0.717, 1.165) is 16.7 Å². The molecule has 1 unspecified atom stereocenters. The summed E-state index contributed by atoms with van der Waals surface area (Å²) in [4.78, 5) is 29.8. The summed E-state index contributed by atoms with van der Waals surface area (Å²) >= 11 is 6.04. The van der Waals surface area contributed by atoms with Crippen molar-refractivity contribution in [1.82, 2.24) is 15.6 Å². The van der Waals surface area contributed by atoms with Crippen LogP contribution in [-0.2, 0) is 16.1 Å². The molecule has 2 heterocycles. The van der Waals surface area contributed by atoms with Gasteiger partial charge in [0.1, 0.15) is 19.0 Å². The van der Waals surface area contributed by atoms with Gasteiger partial charge >= 0.3 is 12.0 Å². The highest BCUT2D eigenvalue weighted by Crippen LogP contribution is 2.28. The summed E-state index contributed by atoms with van der Waals surface area (Å²) in [5, 5.41) is 6.02. The van der Waals surface area contributed by atoms with Crippen LogP contribution in [0.5, 0.6) is 5.75 Å². The van der Waals surface area contributed by atoms with Gasteiger partial charge in [-0.15, -0.1) is 0 Å². The number of pyridine rings is 1. The molecular formula is C26H24ClN3O4. The number of esters is 1. The van der Waals surface area contributed by atoms with Gasteiger partial charge in [0.15, 0.2) is 0 Å². The Balaban J connectivity index is 1.64. The van der Waals surface area contributed by atoms with Gasteiger partial charge in [0.25, 0.3) is 0 Å². The van der Waals surface area contributed by atoms with Crippen LogP contribution in [0, 0.1) is 13.8 Å². The van der Waals surface area contributed by atoms with Crippen molar-refractivity contribution in [2.24, 2.45) is 0 Å². The Morgan fingerprint density at radius 1 is 1.03 bits per heavy atom. The highest BCUT2D eigenvalue weighted by Gasteiger charge is 2.34. The number of hydrogen-bond donors (Lipinski definition) is 2. The molecule has 1 atom stereocenters. The quantitative estimate of drug-likeness (QED) is 0.478. The summed E-state index contributed by atoms with van der Waals surface area (Å²) in [6, 6.07) is 15.2. The Hall–Kier alpha value is -3.84. The Morgan fingerprint density at radius 2 is 1.76 bits per heavy atom. The summed E-state index contributed by atoms with van der Waals surface area (Å²) in [6.07, 6.45) is 3.20. The molecule has 2 amide bonds. The number of aryl methyl sites for hydroxylation is 2. The lowest BCUT2D eigenvalue weighted by Gasteiger charge is -2.29.